The number of likely N-dealkylation sites (N-methyl/N-ethyl adjacent to an activating group) is 1. The lowest BCUT2D eigenvalue weighted by molar-refractivity contribution is 0.140. The smallest absolute Gasteiger partial charge is 0.118 e. The Morgan fingerprint density at radius 3 is 2.35 bits per heavy atom. The van der Waals surface area contributed by atoms with Crippen molar-refractivity contribution in [2.24, 2.45) is 5.73 Å². The lowest BCUT2D eigenvalue weighted by Gasteiger charge is -2.33. The molecule has 0 fully saturated rings. The minimum absolute atomic E-state index is 0.0717. The third kappa shape index (κ3) is 4.78. The Labute approximate surface area is 122 Å². The molecule has 3 N–H and O–H groups in total. The van der Waals surface area contributed by atoms with Gasteiger partial charge in [-0.15, -0.1) is 0 Å². The number of nitrogens with two attached hydrogens (primary N) is 1. The van der Waals surface area contributed by atoms with Crippen molar-refractivity contribution in [2.75, 3.05) is 20.7 Å². The van der Waals surface area contributed by atoms with E-state index in [-0.39, 0.29) is 18.2 Å². The minimum Gasteiger partial charge on any atom is -0.497 e. The number of hydrogen-bond acceptors (Lipinski definition) is 4. The Balaban J connectivity index is 2.86. The van der Waals surface area contributed by atoms with Gasteiger partial charge in [-0.3, -0.25) is 4.90 Å². The normalized spacial score (nSPS) is 15.9. The van der Waals surface area contributed by atoms with Crippen LogP contribution in [0.25, 0.3) is 0 Å². The van der Waals surface area contributed by atoms with Gasteiger partial charge in [-0.2, -0.15) is 0 Å². The predicted molar refractivity (Wildman–Crippen MR) is 82.9 cm³/mol. The van der Waals surface area contributed by atoms with E-state index in [1.54, 1.807) is 7.11 Å². The quantitative estimate of drug-likeness (QED) is 0.766. The summed E-state index contributed by atoms with van der Waals surface area (Å²) in [5, 5.41) is 9.44. The maximum absolute atomic E-state index is 9.44. The second kappa shape index (κ2) is 8.25. The standard InChI is InChI=1S/C16H28N2O2/c1-5-15(17)16(18(3)11-10-12(2)19)13-6-8-14(20-4)9-7-13/h6-9,12,15-16,19H,5,10-11,17H2,1-4H3. The molecule has 1 aromatic rings. The molecular formula is C16H28N2O2. The van der Waals surface area contributed by atoms with Gasteiger partial charge in [-0.25, -0.2) is 0 Å². The van der Waals surface area contributed by atoms with Gasteiger partial charge in [0.25, 0.3) is 0 Å². The zero-order valence-electron chi connectivity index (χ0n) is 13.0. The van der Waals surface area contributed by atoms with Gasteiger partial charge in [0.05, 0.1) is 13.2 Å². The zero-order chi connectivity index (χ0) is 15.1. The van der Waals surface area contributed by atoms with Crippen molar-refractivity contribution < 1.29 is 9.84 Å². The first-order valence-electron chi connectivity index (χ1n) is 7.27. The molecule has 0 heterocycles. The summed E-state index contributed by atoms with van der Waals surface area (Å²) in [4.78, 5) is 2.22. The van der Waals surface area contributed by atoms with Gasteiger partial charge in [0.1, 0.15) is 5.75 Å². The monoisotopic (exact) mass is 280 g/mol. The van der Waals surface area contributed by atoms with Crippen molar-refractivity contribution in [1.82, 2.24) is 4.90 Å². The lowest BCUT2D eigenvalue weighted by Crippen LogP contribution is -2.39. The van der Waals surface area contributed by atoms with Gasteiger partial charge in [0.15, 0.2) is 0 Å². The average Bonchev–Trinajstić information content (AvgIpc) is 2.45. The Morgan fingerprint density at radius 2 is 1.90 bits per heavy atom. The molecule has 0 aliphatic rings. The van der Waals surface area contributed by atoms with Crippen LogP contribution in [0.5, 0.6) is 5.75 Å². The first-order chi connectivity index (χ1) is 9.49. The highest BCUT2D eigenvalue weighted by Crippen LogP contribution is 2.26. The van der Waals surface area contributed by atoms with Crippen molar-refractivity contribution in [2.45, 2.75) is 44.9 Å². The highest BCUT2D eigenvalue weighted by molar-refractivity contribution is 5.30. The van der Waals surface area contributed by atoms with Crippen LogP contribution < -0.4 is 10.5 Å². The second-order valence-corrected chi connectivity index (χ2v) is 5.41. The summed E-state index contributed by atoms with van der Waals surface area (Å²) in [7, 11) is 3.73. The molecule has 0 saturated heterocycles. The van der Waals surface area contributed by atoms with Crippen LogP contribution in [0.15, 0.2) is 24.3 Å². The number of aliphatic hydroxyl groups excluding tert-OH is 1. The van der Waals surface area contributed by atoms with Crippen molar-refractivity contribution >= 4 is 0 Å². The molecule has 0 aliphatic heterocycles. The van der Waals surface area contributed by atoms with E-state index in [4.69, 9.17) is 10.5 Å². The number of ether oxygens (including phenoxy) is 1. The summed E-state index contributed by atoms with van der Waals surface area (Å²) in [5.74, 6) is 0.851. The molecule has 1 rings (SSSR count). The highest BCUT2D eigenvalue weighted by atomic mass is 16.5. The first kappa shape index (κ1) is 17.0. The fraction of sp³-hybridized carbons (Fsp3) is 0.625. The van der Waals surface area contributed by atoms with Gasteiger partial charge >= 0.3 is 0 Å². The lowest BCUT2D eigenvalue weighted by atomic mass is 9.96. The molecule has 4 heteroatoms. The molecular weight excluding hydrogens is 252 g/mol. The fourth-order valence-corrected chi connectivity index (χ4v) is 2.38. The summed E-state index contributed by atoms with van der Waals surface area (Å²) in [6, 6.07) is 8.29. The van der Waals surface area contributed by atoms with Gasteiger partial charge in [-0.1, -0.05) is 19.1 Å². The molecule has 20 heavy (non-hydrogen) atoms. The van der Waals surface area contributed by atoms with Gasteiger partial charge in [-0.05, 0) is 44.5 Å². The van der Waals surface area contributed by atoms with E-state index >= 15 is 0 Å². The number of benzene rings is 1. The van der Waals surface area contributed by atoms with Crippen LogP contribution in [0.2, 0.25) is 0 Å². The molecule has 4 nitrogen and oxygen atoms in total. The molecule has 1 aromatic carbocycles. The topological polar surface area (TPSA) is 58.7 Å². The van der Waals surface area contributed by atoms with E-state index in [1.807, 2.05) is 19.1 Å². The summed E-state index contributed by atoms with van der Waals surface area (Å²) < 4.78 is 5.20. The summed E-state index contributed by atoms with van der Waals surface area (Å²) >= 11 is 0. The SMILES string of the molecule is CCC(N)C(c1ccc(OC)cc1)N(C)CCC(C)O. The van der Waals surface area contributed by atoms with Gasteiger partial charge < -0.3 is 15.6 Å². The molecule has 0 aliphatic carbocycles. The molecule has 0 bridgehead atoms. The van der Waals surface area contributed by atoms with E-state index in [2.05, 4.69) is 31.0 Å². The molecule has 0 radical (unpaired) electrons. The average molecular weight is 280 g/mol. The third-order valence-electron chi connectivity index (χ3n) is 3.71. The van der Waals surface area contributed by atoms with E-state index in [0.29, 0.717) is 0 Å². The Kier molecular flexibility index (Phi) is 6.99. The van der Waals surface area contributed by atoms with E-state index in [1.165, 1.54) is 5.56 Å². The number of methoxy groups -OCH3 is 1. The minimum atomic E-state index is -0.285. The first-order valence-corrected chi connectivity index (χ1v) is 7.27. The van der Waals surface area contributed by atoms with Crippen LogP contribution in [0.3, 0.4) is 0 Å². The van der Waals surface area contributed by atoms with Gasteiger partial charge in [0, 0.05) is 18.6 Å². The van der Waals surface area contributed by atoms with Crippen LogP contribution in [-0.2, 0) is 0 Å². The summed E-state index contributed by atoms with van der Waals surface area (Å²) in [6.07, 6.45) is 1.38. The number of rotatable bonds is 8. The van der Waals surface area contributed by atoms with E-state index in [9.17, 15) is 5.11 Å². The Morgan fingerprint density at radius 1 is 1.30 bits per heavy atom. The van der Waals surface area contributed by atoms with Crippen molar-refractivity contribution in [1.29, 1.82) is 0 Å². The number of aliphatic hydroxyl groups is 1. The molecule has 114 valence electrons. The van der Waals surface area contributed by atoms with Crippen LogP contribution in [-0.4, -0.2) is 42.9 Å². The van der Waals surface area contributed by atoms with Crippen LogP contribution in [0, 0.1) is 0 Å². The van der Waals surface area contributed by atoms with E-state index in [0.717, 1.165) is 25.1 Å². The highest BCUT2D eigenvalue weighted by Gasteiger charge is 2.23. The number of nitrogens with zero attached hydrogens (tertiary/aromatic N) is 1. The third-order valence-corrected chi connectivity index (χ3v) is 3.71. The predicted octanol–water partition coefficient (Wildman–Crippen LogP) is 2.18. The molecule has 0 saturated carbocycles. The fourth-order valence-electron chi connectivity index (χ4n) is 2.38. The molecule has 0 spiro atoms. The van der Waals surface area contributed by atoms with E-state index < -0.39 is 0 Å². The maximum Gasteiger partial charge on any atom is 0.118 e. The summed E-state index contributed by atoms with van der Waals surface area (Å²) in [6.45, 7) is 4.74. The molecule has 3 atom stereocenters. The van der Waals surface area contributed by atoms with Crippen LogP contribution >= 0.6 is 0 Å². The Bertz CT molecular complexity index is 379. The van der Waals surface area contributed by atoms with Crippen molar-refractivity contribution in [3.63, 3.8) is 0 Å². The molecule has 0 aromatic heterocycles. The van der Waals surface area contributed by atoms with Gasteiger partial charge in [0.2, 0.25) is 0 Å². The summed E-state index contributed by atoms with van der Waals surface area (Å²) in [5.41, 5.74) is 7.48. The molecule has 3 unspecified atom stereocenters. The van der Waals surface area contributed by atoms with Crippen molar-refractivity contribution in [3.05, 3.63) is 29.8 Å². The maximum atomic E-state index is 9.44. The second-order valence-electron chi connectivity index (χ2n) is 5.41. The number of hydrogen-bond donors (Lipinski definition) is 2. The largest absolute Gasteiger partial charge is 0.497 e. The zero-order valence-corrected chi connectivity index (χ0v) is 13.0. The Hall–Kier alpha value is -1.10. The van der Waals surface area contributed by atoms with Crippen LogP contribution in [0.4, 0.5) is 0 Å². The van der Waals surface area contributed by atoms with Crippen molar-refractivity contribution in [3.8, 4) is 5.75 Å². The van der Waals surface area contributed by atoms with Crippen LogP contribution in [0.1, 0.15) is 38.3 Å². The molecule has 0 amide bonds.